The fourth-order valence-corrected chi connectivity index (χ4v) is 2.23. The fourth-order valence-electron chi connectivity index (χ4n) is 2.23. The molecule has 2 heterocycles. The second-order valence-corrected chi connectivity index (χ2v) is 5.21. The Balaban J connectivity index is 1.72. The molecule has 0 atom stereocenters. The highest BCUT2D eigenvalue weighted by atomic mass is 16.5. The highest BCUT2D eigenvalue weighted by Gasteiger charge is 2.06. The summed E-state index contributed by atoms with van der Waals surface area (Å²) in [7, 11) is 0. The van der Waals surface area contributed by atoms with Gasteiger partial charge in [-0.1, -0.05) is 30.3 Å². The molecule has 0 bridgehead atoms. The summed E-state index contributed by atoms with van der Waals surface area (Å²) in [5.41, 5.74) is 4.96. The first-order chi connectivity index (χ1) is 12.3. The average molecular weight is 333 g/mol. The van der Waals surface area contributed by atoms with Gasteiger partial charge in [0.15, 0.2) is 0 Å². The van der Waals surface area contributed by atoms with Crippen LogP contribution in [0.1, 0.15) is 17.5 Å². The van der Waals surface area contributed by atoms with E-state index in [2.05, 4.69) is 20.5 Å². The Hall–Kier alpha value is -3.66. The summed E-state index contributed by atoms with van der Waals surface area (Å²) < 4.78 is 5.72. The molecule has 2 aromatic heterocycles. The van der Waals surface area contributed by atoms with E-state index in [1.165, 1.54) is 6.21 Å². The molecule has 0 aliphatic rings. The Labute approximate surface area is 144 Å². The Morgan fingerprint density at radius 1 is 1.40 bits per heavy atom. The van der Waals surface area contributed by atoms with Gasteiger partial charge in [0.1, 0.15) is 13.0 Å². The molecule has 0 aliphatic heterocycles. The van der Waals surface area contributed by atoms with Crippen LogP contribution in [-0.2, 0) is 11.4 Å². The quantitative estimate of drug-likeness (QED) is 0.534. The summed E-state index contributed by atoms with van der Waals surface area (Å²) in [6.07, 6.45) is 4.72. The number of pyridine rings is 1. The van der Waals surface area contributed by atoms with Gasteiger partial charge in [0, 0.05) is 23.2 Å². The van der Waals surface area contributed by atoms with Gasteiger partial charge < -0.3 is 9.72 Å². The lowest BCUT2D eigenvalue weighted by Gasteiger charge is -2.05. The zero-order valence-corrected chi connectivity index (χ0v) is 13.3. The first kappa shape index (κ1) is 16.2. The number of hydrogen-bond acceptors (Lipinski definition) is 5. The monoisotopic (exact) mass is 333 g/mol. The van der Waals surface area contributed by atoms with E-state index in [-0.39, 0.29) is 6.42 Å². The van der Waals surface area contributed by atoms with E-state index >= 15 is 0 Å². The van der Waals surface area contributed by atoms with Crippen LogP contribution in [0.25, 0.3) is 10.9 Å². The van der Waals surface area contributed by atoms with E-state index in [1.54, 1.807) is 18.5 Å². The minimum Gasteiger partial charge on any atom is -0.473 e. The molecule has 0 spiro atoms. The largest absolute Gasteiger partial charge is 0.473 e. The molecule has 25 heavy (non-hydrogen) atoms. The number of benzene rings is 1. The van der Waals surface area contributed by atoms with Crippen LogP contribution in [0.2, 0.25) is 0 Å². The highest BCUT2D eigenvalue weighted by Crippen LogP contribution is 2.21. The molecule has 3 rings (SSSR count). The third-order valence-corrected chi connectivity index (χ3v) is 3.44. The number of carbonyl (C=O) groups excluding carboxylic acids is 1. The van der Waals surface area contributed by atoms with Gasteiger partial charge in [-0.3, -0.25) is 4.79 Å². The zero-order valence-electron chi connectivity index (χ0n) is 13.3. The predicted octanol–water partition coefficient (Wildman–Crippen LogP) is 2.51. The van der Waals surface area contributed by atoms with Gasteiger partial charge in [-0.2, -0.15) is 10.4 Å². The number of hydrazone groups is 1. The number of fused-ring (bicyclic) bond motifs is 1. The molecule has 2 N–H and O–H groups in total. The molecule has 0 saturated carbocycles. The van der Waals surface area contributed by atoms with Crippen molar-refractivity contribution in [1.29, 1.82) is 5.26 Å². The van der Waals surface area contributed by atoms with E-state index < -0.39 is 5.91 Å². The molecule has 0 radical (unpaired) electrons. The summed E-state index contributed by atoms with van der Waals surface area (Å²) in [6, 6.07) is 13.4. The molecule has 7 heteroatoms. The van der Waals surface area contributed by atoms with Crippen LogP contribution in [0.3, 0.4) is 0 Å². The smallest absolute Gasteiger partial charge is 0.254 e. The Kier molecular flexibility index (Phi) is 5.02. The van der Waals surface area contributed by atoms with Crippen molar-refractivity contribution in [3.05, 3.63) is 59.9 Å². The Morgan fingerprint density at radius 2 is 2.24 bits per heavy atom. The van der Waals surface area contributed by atoms with Crippen molar-refractivity contribution in [3.63, 3.8) is 0 Å². The number of aromatic amines is 1. The summed E-state index contributed by atoms with van der Waals surface area (Å²) >= 11 is 0. The van der Waals surface area contributed by atoms with Gasteiger partial charge in [-0.25, -0.2) is 10.4 Å². The van der Waals surface area contributed by atoms with Crippen LogP contribution in [0.4, 0.5) is 0 Å². The molecule has 7 nitrogen and oxygen atoms in total. The van der Waals surface area contributed by atoms with Crippen LogP contribution >= 0.6 is 0 Å². The van der Waals surface area contributed by atoms with Gasteiger partial charge in [-0.05, 0) is 5.56 Å². The predicted molar refractivity (Wildman–Crippen MR) is 92.8 cm³/mol. The summed E-state index contributed by atoms with van der Waals surface area (Å²) in [4.78, 5) is 18.6. The maximum atomic E-state index is 11.2. The maximum absolute atomic E-state index is 11.2. The Morgan fingerprint density at radius 3 is 3.04 bits per heavy atom. The number of carbonyl (C=O) groups is 1. The van der Waals surface area contributed by atoms with Gasteiger partial charge in [0.25, 0.3) is 5.91 Å². The number of hydrogen-bond donors (Lipinski definition) is 2. The molecule has 0 unspecified atom stereocenters. The highest BCUT2D eigenvalue weighted by molar-refractivity contribution is 5.99. The number of ether oxygens (including phenoxy) is 1. The van der Waals surface area contributed by atoms with E-state index in [0.717, 1.165) is 22.0 Å². The normalized spacial score (nSPS) is 10.7. The summed E-state index contributed by atoms with van der Waals surface area (Å²) in [5.74, 6) is 0.0475. The van der Waals surface area contributed by atoms with Gasteiger partial charge in [0.2, 0.25) is 5.88 Å². The number of rotatable bonds is 6. The van der Waals surface area contributed by atoms with Crippen molar-refractivity contribution in [1.82, 2.24) is 15.4 Å². The van der Waals surface area contributed by atoms with Crippen molar-refractivity contribution >= 4 is 23.0 Å². The first-order valence-corrected chi connectivity index (χ1v) is 7.59. The molecular formula is C18H15N5O2. The molecule has 1 amide bonds. The van der Waals surface area contributed by atoms with E-state index in [1.807, 2.05) is 36.4 Å². The van der Waals surface area contributed by atoms with Crippen molar-refractivity contribution in [2.75, 3.05) is 0 Å². The van der Waals surface area contributed by atoms with Gasteiger partial charge >= 0.3 is 0 Å². The van der Waals surface area contributed by atoms with E-state index in [9.17, 15) is 4.79 Å². The third-order valence-electron chi connectivity index (χ3n) is 3.44. The molecule has 0 fully saturated rings. The van der Waals surface area contributed by atoms with Crippen LogP contribution in [0.15, 0.2) is 53.9 Å². The second kappa shape index (κ2) is 7.75. The average Bonchev–Trinajstić information content (AvgIpc) is 3.03. The number of nitrogens with zero attached hydrogens (tertiary/aromatic N) is 3. The van der Waals surface area contributed by atoms with Crippen LogP contribution in [0.5, 0.6) is 5.88 Å². The van der Waals surface area contributed by atoms with Crippen LogP contribution < -0.4 is 10.2 Å². The number of aromatic nitrogens is 2. The summed E-state index contributed by atoms with van der Waals surface area (Å²) in [6.45, 7) is 0.428. The molecule has 0 aliphatic carbocycles. The van der Waals surface area contributed by atoms with Crippen molar-refractivity contribution in [2.45, 2.75) is 13.0 Å². The number of nitrogens with one attached hydrogen (secondary N) is 2. The maximum Gasteiger partial charge on any atom is 0.254 e. The lowest BCUT2D eigenvalue weighted by atomic mass is 10.2. The SMILES string of the molecule is N#CCC(=O)NN=Cc1c[nH]c2cnc(OCc3ccccc3)cc12. The van der Waals surface area contributed by atoms with Gasteiger partial charge in [-0.15, -0.1) is 0 Å². The third kappa shape index (κ3) is 4.20. The summed E-state index contributed by atoms with van der Waals surface area (Å²) in [5, 5.41) is 13.2. The molecule has 124 valence electrons. The topological polar surface area (TPSA) is 103 Å². The number of nitriles is 1. The van der Waals surface area contributed by atoms with Gasteiger partial charge in [0.05, 0.1) is 24.0 Å². The molecular weight excluding hydrogens is 318 g/mol. The minimum absolute atomic E-state index is 0.230. The second-order valence-electron chi connectivity index (χ2n) is 5.21. The number of H-pyrrole nitrogens is 1. The fraction of sp³-hybridized carbons (Fsp3) is 0.111. The first-order valence-electron chi connectivity index (χ1n) is 7.59. The van der Waals surface area contributed by atoms with Crippen LogP contribution in [-0.4, -0.2) is 22.1 Å². The minimum atomic E-state index is -0.452. The lowest BCUT2D eigenvalue weighted by Crippen LogP contribution is -2.16. The Bertz CT molecular complexity index is 941. The van der Waals surface area contributed by atoms with E-state index in [0.29, 0.717) is 12.5 Å². The van der Waals surface area contributed by atoms with Crippen LogP contribution in [0, 0.1) is 11.3 Å². The molecule has 1 aromatic carbocycles. The van der Waals surface area contributed by atoms with Crippen molar-refractivity contribution in [3.8, 4) is 11.9 Å². The standard InChI is InChI=1S/C18H15N5O2/c19-7-6-17(24)23-22-10-14-9-20-16-11-21-18(8-15(14)16)25-12-13-4-2-1-3-5-13/h1-5,8-11,20H,6,12H2,(H,23,24). The molecule has 3 aromatic rings. The van der Waals surface area contributed by atoms with Crippen molar-refractivity contribution in [2.24, 2.45) is 5.10 Å². The van der Waals surface area contributed by atoms with Crippen molar-refractivity contribution < 1.29 is 9.53 Å². The molecule has 0 saturated heterocycles. The van der Waals surface area contributed by atoms with E-state index in [4.69, 9.17) is 10.00 Å². The lowest BCUT2D eigenvalue weighted by molar-refractivity contribution is -0.120. The number of amides is 1. The zero-order chi connectivity index (χ0) is 17.5.